The first-order chi connectivity index (χ1) is 15.4. The number of hydrogen-bond donors (Lipinski definition) is 1. The lowest BCUT2D eigenvalue weighted by Crippen LogP contribution is -2.48. The highest BCUT2D eigenvalue weighted by molar-refractivity contribution is 5.95. The zero-order valence-electron chi connectivity index (χ0n) is 18.5. The maximum atomic E-state index is 12.3. The van der Waals surface area contributed by atoms with Gasteiger partial charge in [-0.05, 0) is 86.8 Å². The summed E-state index contributed by atoms with van der Waals surface area (Å²) in [5.74, 6) is 3.03. The Hall–Kier alpha value is -3.36. The number of likely N-dealkylation sites (tertiary alicyclic amines) is 1. The van der Waals surface area contributed by atoms with Crippen molar-refractivity contribution >= 4 is 16.8 Å². The Labute approximate surface area is 188 Å². The van der Waals surface area contributed by atoms with Gasteiger partial charge in [0.1, 0.15) is 12.4 Å². The van der Waals surface area contributed by atoms with E-state index in [1.54, 1.807) is 12.3 Å². The number of rotatable bonds is 6. The van der Waals surface area contributed by atoms with Crippen LogP contribution in [0.1, 0.15) is 51.9 Å². The summed E-state index contributed by atoms with van der Waals surface area (Å²) in [7, 11) is 2.10. The van der Waals surface area contributed by atoms with Gasteiger partial charge in [0.25, 0.3) is 0 Å². The van der Waals surface area contributed by atoms with Gasteiger partial charge in [-0.3, -0.25) is 14.7 Å². The van der Waals surface area contributed by atoms with Crippen LogP contribution in [0, 0.1) is 19.3 Å². The average Bonchev–Trinajstić information content (AvgIpc) is 3.59. The van der Waals surface area contributed by atoms with Gasteiger partial charge in [0.05, 0.1) is 5.52 Å². The third kappa shape index (κ3) is 3.32. The quantitative estimate of drug-likeness (QED) is 0.610. The second kappa shape index (κ2) is 7.65. The number of carbonyl (C=O) groups excluding carboxylic acids is 1. The van der Waals surface area contributed by atoms with E-state index in [1.807, 2.05) is 19.1 Å². The Morgan fingerprint density at radius 3 is 2.75 bits per heavy atom. The van der Waals surface area contributed by atoms with E-state index in [9.17, 15) is 4.79 Å². The maximum absolute atomic E-state index is 12.3. The van der Waals surface area contributed by atoms with Crippen LogP contribution in [0.4, 0.5) is 0 Å². The second-order valence-electron chi connectivity index (χ2n) is 9.06. The molecule has 1 aliphatic carbocycles. The van der Waals surface area contributed by atoms with E-state index in [4.69, 9.17) is 16.9 Å². The van der Waals surface area contributed by atoms with Gasteiger partial charge < -0.3 is 10.5 Å². The van der Waals surface area contributed by atoms with E-state index in [2.05, 4.69) is 41.1 Å². The SMILES string of the molecule is C#Cc1cc(C2(c3cc(OCC4CCN4C)cc(C(N)=O)c3C)CC2)c2cccnc2c1. The summed E-state index contributed by atoms with van der Waals surface area (Å²) in [4.78, 5) is 19.1. The van der Waals surface area contributed by atoms with Gasteiger partial charge in [-0.1, -0.05) is 12.0 Å². The molecule has 162 valence electrons. The number of hydrogen-bond acceptors (Lipinski definition) is 4. The number of terminal acetylenes is 1. The molecule has 1 amide bonds. The fraction of sp³-hybridized carbons (Fsp3) is 0.333. The summed E-state index contributed by atoms with van der Waals surface area (Å²) in [6.45, 7) is 3.67. The lowest BCUT2D eigenvalue weighted by Gasteiger charge is -2.37. The van der Waals surface area contributed by atoms with E-state index < -0.39 is 5.91 Å². The van der Waals surface area contributed by atoms with Crippen molar-refractivity contribution in [1.82, 2.24) is 9.88 Å². The number of pyridine rings is 1. The Morgan fingerprint density at radius 1 is 1.31 bits per heavy atom. The molecule has 5 heteroatoms. The molecule has 1 aromatic heterocycles. The molecule has 0 radical (unpaired) electrons. The summed E-state index contributed by atoms with van der Waals surface area (Å²) in [6.07, 6.45) is 10.6. The topological polar surface area (TPSA) is 68.5 Å². The Morgan fingerprint density at radius 2 is 2.12 bits per heavy atom. The highest BCUT2D eigenvalue weighted by atomic mass is 16.5. The van der Waals surface area contributed by atoms with Crippen LogP contribution in [0.25, 0.3) is 10.9 Å². The molecule has 2 fully saturated rings. The van der Waals surface area contributed by atoms with Crippen LogP contribution in [0.15, 0.2) is 42.6 Å². The smallest absolute Gasteiger partial charge is 0.249 e. The molecular weight excluding hydrogens is 398 g/mol. The van der Waals surface area contributed by atoms with Crippen molar-refractivity contribution in [2.45, 2.75) is 37.6 Å². The molecule has 1 unspecified atom stereocenters. The normalized spacial score (nSPS) is 19.2. The van der Waals surface area contributed by atoms with E-state index in [-0.39, 0.29) is 5.41 Å². The van der Waals surface area contributed by atoms with Gasteiger partial charge in [0.15, 0.2) is 0 Å². The van der Waals surface area contributed by atoms with Gasteiger partial charge in [-0.25, -0.2) is 0 Å². The fourth-order valence-corrected chi connectivity index (χ4v) is 4.97. The molecular formula is C27H27N3O2. The minimum Gasteiger partial charge on any atom is -0.492 e. The van der Waals surface area contributed by atoms with Crippen molar-refractivity contribution in [3.8, 4) is 18.1 Å². The summed E-state index contributed by atoms with van der Waals surface area (Å²) >= 11 is 0. The molecule has 0 bridgehead atoms. The minimum atomic E-state index is -0.435. The molecule has 5 rings (SSSR count). The van der Waals surface area contributed by atoms with Crippen molar-refractivity contribution in [3.05, 3.63) is 70.4 Å². The van der Waals surface area contributed by atoms with E-state index in [0.717, 1.165) is 59.0 Å². The molecule has 1 atom stereocenters. The van der Waals surface area contributed by atoms with Gasteiger partial charge in [-0.2, -0.15) is 0 Å². The summed E-state index contributed by atoms with van der Waals surface area (Å²) in [5, 5.41) is 1.09. The third-order valence-electron chi connectivity index (χ3n) is 7.20. The Kier molecular flexibility index (Phi) is 4.91. The monoisotopic (exact) mass is 425 g/mol. The molecule has 32 heavy (non-hydrogen) atoms. The maximum Gasteiger partial charge on any atom is 0.249 e. The predicted molar refractivity (Wildman–Crippen MR) is 126 cm³/mol. The molecule has 1 aliphatic heterocycles. The van der Waals surface area contributed by atoms with Crippen LogP contribution >= 0.6 is 0 Å². The number of benzene rings is 2. The Balaban J connectivity index is 1.63. The number of fused-ring (bicyclic) bond motifs is 1. The first kappa shape index (κ1) is 20.5. The summed E-state index contributed by atoms with van der Waals surface area (Å²) in [6, 6.07) is 12.4. The predicted octanol–water partition coefficient (Wildman–Crippen LogP) is 3.79. The summed E-state index contributed by atoms with van der Waals surface area (Å²) < 4.78 is 6.16. The van der Waals surface area contributed by atoms with Gasteiger partial charge >= 0.3 is 0 Å². The highest BCUT2D eigenvalue weighted by Crippen LogP contribution is 2.57. The number of nitrogens with zero attached hydrogens (tertiary/aromatic N) is 2. The molecule has 2 heterocycles. The van der Waals surface area contributed by atoms with Crippen molar-refractivity contribution in [3.63, 3.8) is 0 Å². The van der Waals surface area contributed by atoms with Crippen LogP contribution in [-0.2, 0) is 5.41 Å². The van der Waals surface area contributed by atoms with E-state index >= 15 is 0 Å². The number of amides is 1. The number of aromatic nitrogens is 1. The van der Waals surface area contributed by atoms with Crippen LogP contribution < -0.4 is 10.5 Å². The van der Waals surface area contributed by atoms with Crippen molar-refractivity contribution in [2.75, 3.05) is 20.2 Å². The number of nitrogens with two attached hydrogens (primary N) is 1. The second-order valence-corrected chi connectivity index (χ2v) is 9.06. The molecule has 0 spiro atoms. The van der Waals surface area contributed by atoms with Gasteiger partial charge in [0.2, 0.25) is 5.91 Å². The lowest BCUT2D eigenvalue weighted by molar-refractivity contribution is 0.0767. The zero-order chi connectivity index (χ0) is 22.5. The fourth-order valence-electron chi connectivity index (χ4n) is 4.97. The summed E-state index contributed by atoms with van der Waals surface area (Å²) in [5.41, 5.74) is 10.9. The molecule has 5 nitrogen and oxygen atoms in total. The van der Waals surface area contributed by atoms with Crippen LogP contribution in [-0.4, -0.2) is 42.0 Å². The van der Waals surface area contributed by atoms with Gasteiger partial charge in [-0.15, -0.1) is 6.42 Å². The zero-order valence-corrected chi connectivity index (χ0v) is 18.5. The standard InChI is InChI=1S/C27H27N3O2/c1-4-18-12-24(21-6-5-10-29-25(21)13-18)27(8-9-27)23-15-20(14-22(17(23)2)26(28)31)32-16-19-7-11-30(19)3/h1,5-6,10,12-15,19H,7-9,11,16H2,2-3H3,(H2,28,31). The molecule has 2 aliphatic rings. The molecule has 1 saturated heterocycles. The number of likely N-dealkylation sites (N-methyl/N-ethyl adjacent to an activating group) is 1. The molecule has 2 N–H and O–H groups in total. The van der Waals surface area contributed by atoms with Crippen LogP contribution in [0.5, 0.6) is 5.75 Å². The highest BCUT2D eigenvalue weighted by Gasteiger charge is 2.48. The number of ether oxygens (including phenoxy) is 1. The lowest BCUT2D eigenvalue weighted by atomic mass is 9.81. The van der Waals surface area contributed by atoms with Crippen LogP contribution in [0.2, 0.25) is 0 Å². The van der Waals surface area contributed by atoms with Crippen LogP contribution in [0.3, 0.4) is 0 Å². The van der Waals surface area contributed by atoms with E-state index in [1.165, 1.54) is 0 Å². The van der Waals surface area contributed by atoms with Gasteiger partial charge in [0, 0.05) is 34.2 Å². The van der Waals surface area contributed by atoms with Crippen molar-refractivity contribution in [2.24, 2.45) is 5.73 Å². The third-order valence-corrected chi connectivity index (χ3v) is 7.20. The van der Waals surface area contributed by atoms with Crippen molar-refractivity contribution in [1.29, 1.82) is 0 Å². The molecule has 3 aromatic rings. The molecule has 1 saturated carbocycles. The first-order valence-corrected chi connectivity index (χ1v) is 11.1. The Bertz CT molecular complexity index is 1270. The number of primary amides is 1. The first-order valence-electron chi connectivity index (χ1n) is 11.1. The molecule has 2 aromatic carbocycles. The minimum absolute atomic E-state index is 0.227. The number of carbonyl (C=O) groups is 1. The largest absolute Gasteiger partial charge is 0.492 e. The average molecular weight is 426 g/mol. The van der Waals surface area contributed by atoms with Crippen molar-refractivity contribution < 1.29 is 9.53 Å². The van der Waals surface area contributed by atoms with E-state index in [0.29, 0.717) is 24.0 Å².